The average molecular weight is 401 g/mol. The van der Waals surface area contributed by atoms with Crippen LogP contribution in [0.25, 0.3) is 21.7 Å². The average Bonchev–Trinajstić information content (AvgIpc) is 3.45. The number of ether oxygens (including phenoxy) is 1. The lowest BCUT2D eigenvalue weighted by molar-refractivity contribution is 0.0392. The maximum Gasteiger partial charge on any atom is 0.298 e. The van der Waals surface area contributed by atoms with Crippen molar-refractivity contribution in [1.29, 1.82) is 0 Å². The lowest BCUT2D eigenvalue weighted by Gasteiger charge is -2.31. The summed E-state index contributed by atoms with van der Waals surface area (Å²) < 4.78 is 12.1. The molecule has 7 nitrogen and oxygen atoms in total. The maximum atomic E-state index is 9.10. The van der Waals surface area contributed by atoms with E-state index in [0.717, 1.165) is 40.3 Å². The Labute approximate surface area is 167 Å². The molecule has 0 aliphatic carbocycles. The molecule has 3 atom stereocenters. The minimum absolute atomic E-state index is 0.00168. The molecule has 2 aromatic heterocycles. The second-order valence-electron chi connectivity index (χ2n) is 7.49. The fourth-order valence-corrected chi connectivity index (χ4v) is 4.94. The SMILES string of the molecule is CC(OCCO)c1ccc(-c2nccs2)c2oc(N3CC4CCC(C3)N4)nc12. The highest BCUT2D eigenvalue weighted by Gasteiger charge is 2.34. The summed E-state index contributed by atoms with van der Waals surface area (Å²) in [5.41, 5.74) is 3.50. The van der Waals surface area contributed by atoms with Gasteiger partial charge in [-0.2, -0.15) is 4.98 Å². The van der Waals surface area contributed by atoms with E-state index in [2.05, 4.69) is 15.2 Å². The zero-order chi connectivity index (χ0) is 19.1. The van der Waals surface area contributed by atoms with Crippen LogP contribution < -0.4 is 10.2 Å². The van der Waals surface area contributed by atoms with E-state index in [1.807, 2.05) is 24.4 Å². The normalized spacial score (nSPS) is 22.9. The maximum absolute atomic E-state index is 9.10. The standard InChI is InChI=1S/C20H24N4O3S/c1-12(26-8-7-25)15-4-5-16(19-21-6-9-28-19)18-17(15)23-20(27-18)24-10-13-2-3-14(11-24)22-13/h4-6,9,12-14,22,25H,2-3,7-8,10-11H2,1H3. The number of rotatable bonds is 6. The first-order chi connectivity index (χ1) is 13.7. The van der Waals surface area contributed by atoms with E-state index >= 15 is 0 Å². The molecule has 5 rings (SSSR count). The zero-order valence-corrected chi connectivity index (χ0v) is 16.6. The predicted octanol–water partition coefficient (Wildman–Crippen LogP) is 2.96. The number of nitrogens with one attached hydrogen (secondary N) is 1. The van der Waals surface area contributed by atoms with Crippen molar-refractivity contribution >= 4 is 28.5 Å². The summed E-state index contributed by atoms with van der Waals surface area (Å²) in [6.45, 7) is 4.11. The molecule has 3 unspecified atom stereocenters. The monoisotopic (exact) mass is 400 g/mol. The molecule has 3 aromatic rings. The number of nitrogens with zero attached hydrogens (tertiary/aromatic N) is 3. The van der Waals surface area contributed by atoms with Crippen LogP contribution in [0.3, 0.4) is 0 Å². The van der Waals surface area contributed by atoms with E-state index in [9.17, 15) is 0 Å². The van der Waals surface area contributed by atoms with Crippen LogP contribution in [0.15, 0.2) is 28.1 Å². The number of aliphatic hydroxyl groups excluding tert-OH is 1. The van der Waals surface area contributed by atoms with Crippen molar-refractivity contribution in [1.82, 2.24) is 15.3 Å². The third kappa shape index (κ3) is 3.20. The minimum Gasteiger partial charge on any atom is -0.423 e. The van der Waals surface area contributed by atoms with Gasteiger partial charge in [0.05, 0.1) is 24.9 Å². The van der Waals surface area contributed by atoms with Crippen molar-refractivity contribution in [3.8, 4) is 10.6 Å². The van der Waals surface area contributed by atoms with Gasteiger partial charge in [0.1, 0.15) is 10.5 Å². The Morgan fingerprint density at radius 1 is 1.36 bits per heavy atom. The molecule has 1 aromatic carbocycles. The molecule has 0 amide bonds. The first kappa shape index (κ1) is 18.1. The van der Waals surface area contributed by atoms with Gasteiger partial charge in [0.2, 0.25) is 0 Å². The number of benzene rings is 1. The van der Waals surface area contributed by atoms with Gasteiger partial charge in [-0.25, -0.2) is 4.98 Å². The van der Waals surface area contributed by atoms with E-state index < -0.39 is 0 Å². The number of piperazine rings is 1. The Kier molecular flexibility index (Phi) is 4.80. The van der Waals surface area contributed by atoms with Crippen LogP contribution in [0.2, 0.25) is 0 Å². The van der Waals surface area contributed by atoms with Crippen LogP contribution in [0.5, 0.6) is 0 Å². The summed E-state index contributed by atoms with van der Waals surface area (Å²) >= 11 is 1.59. The molecule has 2 bridgehead atoms. The van der Waals surface area contributed by atoms with E-state index in [0.29, 0.717) is 24.7 Å². The Morgan fingerprint density at radius 3 is 2.89 bits per heavy atom. The zero-order valence-electron chi connectivity index (χ0n) is 15.8. The molecular weight excluding hydrogens is 376 g/mol. The van der Waals surface area contributed by atoms with E-state index in [1.54, 1.807) is 17.5 Å². The molecule has 28 heavy (non-hydrogen) atoms. The molecule has 2 fully saturated rings. The van der Waals surface area contributed by atoms with Crippen molar-refractivity contribution in [2.75, 3.05) is 31.2 Å². The third-order valence-corrected chi connectivity index (χ3v) is 6.42. The van der Waals surface area contributed by atoms with Gasteiger partial charge >= 0.3 is 0 Å². The quantitative estimate of drug-likeness (QED) is 0.658. The fourth-order valence-electron chi connectivity index (χ4n) is 4.28. The minimum atomic E-state index is -0.183. The number of hydrogen-bond acceptors (Lipinski definition) is 8. The van der Waals surface area contributed by atoms with Crippen LogP contribution in [-0.4, -0.2) is 53.5 Å². The lowest BCUT2D eigenvalue weighted by atomic mass is 10.1. The Balaban J connectivity index is 1.58. The number of fused-ring (bicyclic) bond motifs is 3. The van der Waals surface area contributed by atoms with Gasteiger partial charge in [-0.15, -0.1) is 11.3 Å². The van der Waals surface area contributed by atoms with E-state index in [4.69, 9.17) is 19.2 Å². The summed E-state index contributed by atoms with van der Waals surface area (Å²) in [5.74, 6) is 0. The molecule has 2 N–H and O–H groups in total. The molecule has 4 heterocycles. The summed E-state index contributed by atoms with van der Waals surface area (Å²) in [4.78, 5) is 11.6. The number of aliphatic hydroxyl groups is 1. The highest BCUT2D eigenvalue weighted by molar-refractivity contribution is 7.13. The Hall–Kier alpha value is -2.00. The number of oxazole rings is 1. The van der Waals surface area contributed by atoms with Crippen LogP contribution in [0.1, 0.15) is 31.4 Å². The Bertz CT molecular complexity index is 946. The van der Waals surface area contributed by atoms with Crippen LogP contribution in [0.4, 0.5) is 6.01 Å². The lowest BCUT2D eigenvalue weighted by Crippen LogP contribution is -2.51. The van der Waals surface area contributed by atoms with Crippen molar-refractivity contribution in [2.24, 2.45) is 0 Å². The molecular formula is C20H24N4O3S. The molecule has 8 heteroatoms. The topological polar surface area (TPSA) is 83.7 Å². The second-order valence-corrected chi connectivity index (χ2v) is 8.39. The van der Waals surface area contributed by atoms with Gasteiger partial charge in [0.25, 0.3) is 6.01 Å². The van der Waals surface area contributed by atoms with Gasteiger partial charge < -0.3 is 24.5 Å². The van der Waals surface area contributed by atoms with E-state index in [1.165, 1.54) is 12.8 Å². The van der Waals surface area contributed by atoms with Gasteiger partial charge in [-0.05, 0) is 25.8 Å². The largest absolute Gasteiger partial charge is 0.423 e. The van der Waals surface area contributed by atoms with Gasteiger partial charge in [-0.1, -0.05) is 6.07 Å². The molecule has 2 aliphatic heterocycles. The number of aromatic nitrogens is 2. The molecule has 0 radical (unpaired) electrons. The number of thiazole rings is 1. The molecule has 0 spiro atoms. The molecule has 2 saturated heterocycles. The number of hydrogen-bond donors (Lipinski definition) is 2. The van der Waals surface area contributed by atoms with Crippen LogP contribution in [-0.2, 0) is 4.74 Å². The summed E-state index contributed by atoms with van der Waals surface area (Å²) in [6.07, 6.45) is 4.04. The highest BCUT2D eigenvalue weighted by Crippen LogP contribution is 2.38. The van der Waals surface area contributed by atoms with E-state index in [-0.39, 0.29) is 12.7 Å². The van der Waals surface area contributed by atoms with Gasteiger partial charge in [-0.3, -0.25) is 0 Å². The molecule has 0 saturated carbocycles. The molecule has 2 aliphatic rings. The predicted molar refractivity (Wildman–Crippen MR) is 109 cm³/mol. The van der Waals surface area contributed by atoms with Crippen molar-refractivity contribution in [3.05, 3.63) is 29.3 Å². The first-order valence-electron chi connectivity index (χ1n) is 9.79. The van der Waals surface area contributed by atoms with Crippen molar-refractivity contribution in [2.45, 2.75) is 38.0 Å². The summed E-state index contributed by atoms with van der Waals surface area (Å²) in [5, 5.41) is 15.6. The Morgan fingerprint density at radius 2 is 2.18 bits per heavy atom. The summed E-state index contributed by atoms with van der Waals surface area (Å²) in [7, 11) is 0. The van der Waals surface area contributed by atoms with Crippen LogP contribution in [0, 0.1) is 0 Å². The van der Waals surface area contributed by atoms with Crippen molar-refractivity contribution in [3.63, 3.8) is 0 Å². The highest BCUT2D eigenvalue weighted by atomic mass is 32.1. The molecule has 148 valence electrons. The van der Waals surface area contributed by atoms with Crippen LogP contribution >= 0.6 is 11.3 Å². The van der Waals surface area contributed by atoms with Crippen molar-refractivity contribution < 1.29 is 14.3 Å². The third-order valence-electron chi connectivity index (χ3n) is 5.61. The second kappa shape index (κ2) is 7.44. The number of anilines is 1. The fraction of sp³-hybridized carbons (Fsp3) is 0.500. The first-order valence-corrected chi connectivity index (χ1v) is 10.7. The summed E-state index contributed by atoms with van der Waals surface area (Å²) in [6, 6.07) is 5.77. The van der Waals surface area contributed by atoms with Gasteiger partial charge in [0.15, 0.2) is 5.58 Å². The smallest absolute Gasteiger partial charge is 0.298 e. The van der Waals surface area contributed by atoms with Gasteiger partial charge in [0, 0.05) is 42.3 Å².